The highest BCUT2D eigenvalue weighted by molar-refractivity contribution is 5.98. The van der Waals surface area contributed by atoms with Crippen LogP contribution in [0, 0.1) is 0 Å². The van der Waals surface area contributed by atoms with Gasteiger partial charge in [0.15, 0.2) is 0 Å². The molecule has 1 amide bonds. The van der Waals surface area contributed by atoms with Gasteiger partial charge in [-0.25, -0.2) is 0 Å². The van der Waals surface area contributed by atoms with Crippen LogP contribution in [-0.4, -0.2) is 44.2 Å². The lowest BCUT2D eigenvalue weighted by atomic mass is 9.87. The van der Waals surface area contributed by atoms with Gasteiger partial charge in [-0.1, -0.05) is 0 Å². The third-order valence-corrected chi connectivity index (χ3v) is 4.37. The average molecular weight is 348 g/mol. The van der Waals surface area contributed by atoms with Crippen LogP contribution in [0.15, 0.2) is 36.7 Å². The van der Waals surface area contributed by atoms with E-state index in [4.69, 9.17) is 0 Å². The molecule has 3 aromatic rings. The Morgan fingerprint density at radius 2 is 2.00 bits per heavy atom. The second-order valence-electron chi connectivity index (χ2n) is 5.71. The highest BCUT2D eigenvalue weighted by atomic mass is 35.5. The molecule has 0 saturated carbocycles. The van der Waals surface area contributed by atoms with E-state index in [0.717, 1.165) is 24.1 Å². The molecule has 0 aliphatic carbocycles. The Morgan fingerprint density at radius 1 is 1.21 bits per heavy atom. The van der Waals surface area contributed by atoms with E-state index in [1.54, 1.807) is 10.9 Å². The third-order valence-electron chi connectivity index (χ3n) is 4.37. The van der Waals surface area contributed by atoms with Crippen molar-refractivity contribution in [2.75, 3.05) is 18.4 Å². The zero-order valence-electron chi connectivity index (χ0n) is 12.9. The lowest BCUT2D eigenvalue weighted by Crippen LogP contribution is -2.52. The molecule has 1 fully saturated rings. The molecule has 2 aromatic heterocycles. The van der Waals surface area contributed by atoms with Crippen molar-refractivity contribution in [3.05, 3.63) is 36.7 Å². The maximum atomic E-state index is 13.0. The van der Waals surface area contributed by atoms with E-state index in [1.165, 1.54) is 0 Å². The van der Waals surface area contributed by atoms with Gasteiger partial charge in [0.25, 0.3) is 5.91 Å². The maximum Gasteiger partial charge on any atom is 0.252 e. The van der Waals surface area contributed by atoms with Crippen LogP contribution in [0.1, 0.15) is 12.8 Å². The highest BCUT2D eigenvalue weighted by Crippen LogP contribution is 2.29. The van der Waals surface area contributed by atoms with E-state index in [0.29, 0.717) is 18.5 Å². The quantitative estimate of drug-likeness (QED) is 0.663. The number of halogens is 1. The number of hydrogen-bond acceptors (Lipinski definition) is 5. The van der Waals surface area contributed by atoms with E-state index in [-0.39, 0.29) is 18.3 Å². The molecule has 4 rings (SSSR count). The minimum Gasteiger partial charge on any atom is -0.324 e. The van der Waals surface area contributed by atoms with Crippen molar-refractivity contribution >= 4 is 35.0 Å². The number of piperidine rings is 1. The van der Waals surface area contributed by atoms with Gasteiger partial charge in [-0.3, -0.25) is 9.48 Å². The normalized spacial score (nSPS) is 16.5. The number of aromatic amines is 1. The van der Waals surface area contributed by atoms with Gasteiger partial charge in [-0.2, -0.15) is 20.5 Å². The number of carbonyl (C=O) groups excluding carboxylic acids is 1. The number of hydrogen-bond donors (Lipinski definition) is 3. The number of benzene rings is 1. The Labute approximate surface area is 144 Å². The largest absolute Gasteiger partial charge is 0.324 e. The van der Waals surface area contributed by atoms with Crippen LogP contribution in [0.2, 0.25) is 0 Å². The predicted octanol–water partition coefficient (Wildman–Crippen LogP) is 1.29. The van der Waals surface area contributed by atoms with Crippen LogP contribution in [0.3, 0.4) is 0 Å². The Kier molecular flexibility index (Phi) is 4.50. The minimum atomic E-state index is -0.659. The number of fused-ring (bicyclic) bond motifs is 1. The molecule has 0 spiro atoms. The first-order valence-corrected chi connectivity index (χ1v) is 7.61. The molecule has 24 heavy (non-hydrogen) atoms. The molecule has 8 nitrogen and oxygen atoms in total. The number of rotatable bonds is 3. The van der Waals surface area contributed by atoms with Crippen LogP contribution in [0.25, 0.3) is 11.0 Å². The van der Waals surface area contributed by atoms with Crippen molar-refractivity contribution in [2.45, 2.75) is 18.4 Å². The SMILES string of the molecule is Cl.O=C(Nc1ccc2n[nH]nc2c1)C1(n2cccn2)CCNCC1. The topological polar surface area (TPSA) is 101 Å². The second kappa shape index (κ2) is 6.58. The Bertz CT molecular complexity index is 823. The molecular formula is C15H18ClN7O. The minimum absolute atomic E-state index is 0. The van der Waals surface area contributed by atoms with Gasteiger partial charge in [-0.05, 0) is 50.2 Å². The Hall–Kier alpha value is -2.45. The molecule has 3 N–H and O–H groups in total. The molecule has 1 aliphatic rings. The van der Waals surface area contributed by atoms with Gasteiger partial charge >= 0.3 is 0 Å². The lowest BCUT2D eigenvalue weighted by Gasteiger charge is -2.36. The molecule has 1 saturated heterocycles. The average Bonchev–Trinajstić information content (AvgIpc) is 3.27. The number of nitrogens with zero attached hydrogens (tertiary/aromatic N) is 4. The summed E-state index contributed by atoms with van der Waals surface area (Å²) in [5.74, 6) is -0.0504. The summed E-state index contributed by atoms with van der Waals surface area (Å²) in [6, 6.07) is 7.32. The molecule has 0 unspecified atom stereocenters. The summed E-state index contributed by atoms with van der Waals surface area (Å²) < 4.78 is 1.78. The number of nitrogens with one attached hydrogen (secondary N) is 3. The zero-order valence-corrected chi connectivity index (χ0v) is 13.7. The Morgan fingerprint density at radius 3 is 2.75 bits per heavy atom. The second-order valence-corrected chi connectivity index (χ2v) is 5.71. The molecule has 0 atom stereocenters. The number of carbonyl (C=O) groups is 1. The van der Waals surface area contributed by atoms with Crippen LogP contribution in [0.4, 0.5) is 5.69 Å². The fraction of sp³-hybridized carbons (Fsp3) is 0.333. The van der Waals surface area contributed by atoms with Gasteiger partial charge in [0.1, 0.15) is 16.6 Å². The monoisotopic (exact) mass is 347 g/mol. The van der Waals surface area contributed by atoms with Crippen LogP contribution in [0.5, 0.6) is 0 Å². The molecular weight excluding hydrogens is 330 g/mol. The smallest absolute Gasteiger partial charge is 0.252 e. The van der Waals surface area contributed by atoms with Crippen molar-refractivity contribution in [3.8, 4) is 0 Å². The molecule has 1 aliphatic heterocycles. The maximum absolute atomic E-state index is 13.0. The first-order chi connectivity index (χ1) is 11.3. The van der Waals surface area contributed by atoms with Gasteiger partial charge in [0, 0.05) is 18.1 Å². The van der Waals surface area contributed by atoms with Crippen LogP contribution < -0.4 is 10.6 Å². The summed E-state index contributed by atoms with van der Waals surface area (Å²) in [7, 11) is 0. The molecule has 9 heteroatoms. The number of H-pyrrole nitrogens is 1. The Balaban J connectivity index is 0.00000169. The predicted molar refractivity (Wildman–Crippen MR) is 92.1 cm³/mol. The van der Waals surface area contributed by atoms with E-state index < -0.39 is 5.54 Å². The van der Waals surface area contributed by atoms with Crippen molar-refractivity contribution in [1.29, 1.82) is 0 Å². The molecule has 126 valence electrons. The van der Waals surface area contributed by atoms with Gasteiger partial charge in [0.05, 0.1) is 0 Å². The van der Waals surface area contributed by atoms with Crippen molar-refractivity contribution in [2.24, 2.45) is 0 Å². The number of aromatic nitrogens is 5. The van der Waals surface area contributed by atoms with Crippen molar-refractivity contribution in [1.82, 2.24) is 30.5 Å². The number of anilines is 1. The third kappa shape index (κ3) is 2.74. The van der Waals surface area contributed by atoms with E-state index in [2.05, 4.69) is 31.1 Å². The first kappa shape index (κ1) is 16.4. The summed E-state index contributed by atoms with van der Waals surface area (Å²) in [4.78, 5) is 13.0. The van der Waals surface area contributed by atoms with E-state index >= 15 is 0 Å². The summed E-state index contributed by atoms with van der Waals surface area (Å²) in [6.07, 6.45) is 4.96. The zero-order chi connectivity index (χ0) is 15.7. The van der Waals surface area contributed by atoms with E-state index in [9.17, 15) is 4.79 Å². The molecule has 0 bridgehead atoms. The van der Waals surface area contributed by atoms with Gasteiger partial charge in [-0.15, -0.1) is 12.4 Å². The number of amides is 1. The summed E-state index contributed by atoms with van der Waals surface area (Å²) in [6.45, 7) is 1.57. The lowest BCUT2D eigenvalue weighted by molar-refractivity contribution is -0.126. The van der Waals surface area contributed by atoms with Gasteiger partial charge < -0.3 is 10.6 Å². The van der Waals surface area contributed by atoms with Gasteiger partial charge in [0.2, 0.25) is 0 Å². The van der Waals surface area contributed by atoms with Crippen molar-refractivity contribution < 1.29 is 4.79 Å². The molecule has 0 radical (unpaired) electrons. The van der Waals surface area contributed by atoms with Crippen LogP contribution >= 0.6 is 12.4 Å². The fourth-order valence-corrected chi connectivity index (χ4v) is 3.09. The fourth-order valence-electron chi connectivity index (χ4n) is 3.09. The highest BCUT2D eigenvalue weighted by Gasteiger charge is 2.42. The van der Waals surface area contributed by atoms with E-state index in [1.807, 2.05) is 30.5 Å². The summed E-state index contributed by atoms with van der Waals surface area (Å²) in [5.41, 5.74) is 1.54. The van der Waals surface area contributed by atoms with Crippen molar-refractivity contribution in [3.63, 3.8) is 0 Å². The van der Waals surface area contributed by atoms with Crippen LogP contribution in [-0.2, 0) is 10.3 Å². The molecule has 3 heterocycles. The standard InChI is InChI=1S/C15H17N7O.ClH/c23-14(18-11-2-3-12-13(10-11)20-21-19-12)15(4-7-16-8-5-15)22-9-1-6-17-22;/h1-3,6,9-10,16H,4-5,7-8H2,(H,18,23)(H,19,20,21);1H. The summed E-state index contributed by atoms with van der Waals surface area (Å²) in [5, 5.41) is 21.3. The summed E-state index contributed by atoms with van der Waals surface area (Å²) >= 11 is 0. The first-order valence-electron chi connectivity index (χ1n) is 7.61. The molecule has 1 aromatic carbocycles.